The molecule has 0 spiro atoms. The van der Waals surface area contributed by atoms with Gasteiger partial charge in [-0.15, -0.1) is 0 Å². The second-order valence-electron chi connectivity index (χ2n) is 12.6. The molecule has 0 unspecified atom stereocenters. The van der Waals surface area contributed by atoms with E-state index in [4.69, 9.17) is 19.6 Å². The Morgan fingerprint density at radius 2 is 1.72 bits per heavy atom. The number of carboxylic acid groups (broad SMARTS) is 1. The number of carbonyl (C=O) groups excluding carboxylic acids is 1. The molecule has 3 N–H and O–H groups in total. The Kier molecular flexibility index (Phi) is 11.6. The fourth-order valence-electron chi connectivity index (χ4n) is 6.16. The Bertz CT molecular complexity index is 1610. The highest BCUT2D eigenvalue weighted by atomic mass is 32.2. The van der Waals surface area contributed by atoms with Gasteiger partial charge in [0.05, 0.1) is 17.9 Å². The van der Waals surface area contributed by atoms with E-state index in [0.717, 1.165) is 42.6 Å². The number of anilines is 1. The molecule has 3 heterocycles. The van der Waals surface area contributed by atoms with Crippen LogP contribution in [0.2, 0.25) is 0 Å². The molecule has 256 valence electrons. The van der Waals surface area contributed by atoms with Crippen LogP contribution in [0, 0.1) is 5.92 Å². The second-order valence-corrected chi connectivity index (χ2v) is 14.9. The lowest BCUT2D eigenvalue weighted by Gasteiger charge is -2.36. The largest absolute Gasteiger partial charge is 0.506 e. The van der Waals surface area contributed by atoms with Gasteiger partial charge in [-0.1, -0.05) is 6.07 Å². The van der Waals surface area contributed by atoms with Gasteiger partial charge in [0.25, 0.3) is 0 Å². The molecule has 2 aliphatic carbocycles. The Morgan fingerprint density at radius 1 is 1.00 bits per heavy atom. The molecule has 1 saturated heterocycles. The number of nitrogens with zero attached hydrogens (tertiary/aromatic N) is 4. The van der Waals surface area contributed by atoms with Crippen molar-refractivity contribution in [1.82, 2.24) is 24.8 Å². The summed E-state index contributed by atoms with van der Waals surface area (Å²) in [5.41, 5.74) is 0.915. The van der Waals surface area contributed by atoms with Crippen molar-refractivity contribution in [2.24, 2.45) is 5.92 Å². The number of benzene rings is 1. The molecule has 0 atom stereocenters. The first-order chi connectivity index (χ1) is 22.6. The molecule has 47 heavy (non-hydrogen) atoms. The van der Waals surface area contributed by atoms with E-state index in [1.54, 1.807) is 6.20 Å². The summed E-state index contributed by atoms with van der Waals surface area (Å²) < 4.78 is 35.5. The summed E-state index contributed by atoms with van der Waals surface area (Å²) in [4.78, 5) is 34.8. The summed E-state index contributed by atoms with van der Waals surface area (Å²) >= 11 is 0. The molecule has 1 amide bonds. The van der Waals surface area contributed by atoms with Gasteiger partial charge < -0.3 is 34.7 Å². The number of sulfone groups is 1. The maximum atomic E-state index is 13.1. The molecular formula is C33H46N6O7S. The van der Waals surface area contributed by atoms with Crippen LogP contribution < -0.4 is 15.4 Å². The van der Waals surface area contributed by atoms with Crippen LogP contribution in [0.25, 0.3) is 16.7 Å². The van der Waals surface area contributed by atoms with Crippen LogP contribution >= 0.6 is 0 Å². The van der Waals surface area contributed by atoms with Crippen LogP contribution in [0.1, 0.15) is 57.8 Å². The molecule has 0 radical (unpaired) electrons. The van der Waals surface area contributed by atoms with Gasteiger partial charge in [-0.05, 0) is 76.3 Å². The zero-order valence-corrected chi connectivity index (χ0v) is 28.0. The predicted molar refractivity (Wildman–Crippen MR) is 179 cm³/mol. The van der Waals surface area contributed by atoms with Gasteiger partial charge in [0, 0.05) is 68.0 Å². The third kappa shape index (κ3) is 10.0. The Balaban J connectivity index is 0.000000792. The van der Waals surface area contributed by atoms with Gasteiger partial charge in [-0.3, -0.25) is 4.79 Å². The van der Waals surface area contributed by atoms with Crippen molar-refractivity contribution in [3.63, 3.8) is 0 Å². The SMILES string of the molecule is CNC1CC1.CS(=O)(=O)CCCOc1cccc2c1ccn2-c1ccnc(NC2CCC(C(=O)N3CCC(OC(=O)O)CC3)CC2)n1. The zero-order chi connectivity index (χ0) is 33.4. The molecule has 1 aromatic carbocycles. The maximum absolute atomic E-state index is 13.1. The molecule has 2 aromatic heterocycles. The van der Waals surface area contributed by atoms with Crippen molar-refractivity contribution in [3.8, 4) is 11.6 Å². The first-order valence-corrected chi connectivity index (χ1v) is 18.5. The third-order valence-electron chi connectivity index (χ3n) is 8.91. The van der Waals surface area contributed by atoms with Gasteiger partial charge in [0.1, 0.15) is 27.5 Å². The number of piperidine rings is 1. The number of hydrogen-bond acceptors (Lipinski definition) is 10. The number of likely N-dealkylation sites (tertiary alicyclic amines) is 1. The number of ether oxygens (including phenoxy) is 2. The summed E-state index contributed by atoms with van der Waals surface area (Å²) in [6.07, 6.45) is 10.8. The molecule has 3 aromatic rings. The number of aromatic nitrogens is 3. The zero-order valence-electron chi connectivity index (χ0n) is 27.1. The molecule has 0 bridgehead atoms. The van der Waals surface area contributed by atoms with Crippen LogP contribution in [0.5, 0.6) is 5.75 Å². The summed E-state index contributed by atoms with van der Waals surface area (Å²) in [5, 5.41) is 16.3. The van der Waals surface area contributed by atoms with Crippen LogP contribution in [0.3, 0.4) is 0 Å². The number of hydrogen-bond donors (Lipinski definition) is 3. The van der Waals surface area contributed by atoms with E-state index in [0.29, 0.717) is 56.5 Å². The van der Waals surface area contributed by atoms with E-state index in [1.165, 1.54) is 19.1 Å². The smallest absolute Gasteiger partial charge is 0.493 e. The molecule has 13 nitrogen and oxygen atoms in total. The second kappa shape index (κ2) is 15.8. The Morgan fingerprint density at radius 3 is 2.36 bits per heavy atom. The van der Waals surface area contributed by atoms with E-state index in [1.807, 2.05) is 53.0 Å². The predicted octanol–water partition coefficient (Wildman–Crippen LogP) is 4.26. The topological polar surface area (TPSA) is 165 Å². The van der Waals surface area contributed by atoms with E-state index in [9.17, 15) is 18.0 Å². The van der Waals surface area contributed by atoms with Gasteiger partial charge >= 0.3 is 6.16 Å². The van der Waals surface area contributed by atoms with E-state index < -0.39 is 16.0 Å². The quantitative estimate of drug-likeness (QED) is 0.197. The van der Waals surface area contributed by atoms with Crippen LogP contribution in [0.4, 0.5) is 10.7 Å². The van der Waals surface area contributed by atoms with Gasteiger partial charge in [-0.25, -0.2) is 18.2 Å². The third-order valence-corrected chi connectivity index (χ3v) is 9.94. The first kappa shape index (κ1) is 34.4. The number of amides is 1. The number of carbonyl (C=O) groups is 2. The van der Waals surface area contributed by atoms with Gasteiger partial charge in [-0.2, -0.15) is 4.98 Å². The number of nitrogens with one attached hydrogen (secondary N) is 2. The average Bonchev–Trinajstić information content (AvgIpc) is 3.80. The number of fused-ring (bicyclic) bond motifs is 1. The summed E-state index contributed by atoms with van der Waals surface area (Å²) in [6, 6.07) is 10.6. The molecule has 6 rings (SSSR count). The standard InChI is InChI=1S/C29H37N5O7S.C4H9N/c1-42(38,39)19-3-18-40-25-5-2-4-24-23(25)13-17-34(24)26-10-14-30-28(32-26)31-21-8-6-20(7-9-21)27(35)33-15-11-22(12-16-33)41-29(36)37;1-5-4-2-3-4/h2,4-5,10,13-14,17,20-22H,3,6-9,11-12,15-16,18-19H2,1H3,(H,36,37)(H,30,31,32);4-5H,2-3H2,1H3. The van der Waals surface area contributed by atoms with Crippen LogP contribution in [-0.2, 0) is 19.4 Å². The lowest BCUT2D eigenvalue weighted by molar-refractivity contribution is -0.138. The molecule has 14 heteroatoms. The van der Waals surface area contributed by atoms with Gasteiger partial charge in [0.2, 0.25) is 11.9 Å². The van der Waals surface area contributed by atoms with E-state index in [-0.39, 0.29) is 29.7 Å². The summed E-state index contributed by atoms with van der Waals surface area (Å²) in [5.74, 6) is 2.13. The number of rotatable bonds is 11. The summed E-state index contributed by atoms with van der Waals surface area (Å²) in [7, 11) is -1.01. The lowest BCUT2D eigenvalue weighted by atomic mass is 9.85. The highest BCUT2D eigenvalue weighted by Gasteiger charge is 2.32. The van der Waals surface area contributed by atoms with Crippen LogP contribution in [-0.4, -0.2) is 102 Å². The molecule has 2 saturated carbocycles. The van der Waals surface area contributed by atoms with Crippen molar-refractivity contribution in [2.75, 3.05) is 44.1 Å². The van der Waals surface area contributed by atoms with Crippen molar-refractivity contribution in [3.05, 3.63) is 42.7 Å². The normalized spacial score (nSPS) is 20.3. The fraction of sp³-hybridized carbons (Fsp3) is 0.576. The minimum Gasteiger partial charge on any atom is -0.493 e. The average molecular weight is 671 g/mol. The monoisotopic (exact) mass is 670 g/mol. The molecule has 3 fully saturated rings. The van der Waals surface area contributed by atoms with E-state index in [2.05, 4.69) is 15.6 Å². The van der Waals surface area contributed by atoms with Crippen LogP contribution in [0.15, 0.2) is 42.7 Å². The Labute approximate surface area is 276 Å². The first-order valence-electron chi connectivity index (χ1n) is 16.5. The Hall–Kier alpha value is -3.91. The maximum Gasteiger partial charge on any atom is 0.506 e. The molecular weight excluding hydrogens is 624 g/mol. The minimum absolute atomic E-state index is 0.0266. The van der Waals surface area contributed by atoms with Crippen molar-refractivity contribution in [1.29, 1.82) is 0 Å². The molecule has 3 aliphatic rings. The summed E-state index contributed by atoms with van der Waals surface area (Å²) in [6.45, 7) is 1.37. The minimum atomic E-state index is -3.02. The van der Waals surface area contributed by atoms with Crippen molar-refractivity contribution in [2.45, 2.75) is 76.0 Å². The highest BCUT2D eigenvalue weighted by molar-refractivity contribution is 7.90. The molecule has 1 aliphatic heterocycles. The lowest BCUT2D eigenvalue weighted by Crippen LogP contribution is -2.45. The van der Waals surface area contributed by atoms with Crippen molar-refractivity contribution < 1.29 is 32.6 Å². The van der Waals surface area contributed by atoms with Crippen molar-refractivity contribution >= 4 is 38.8 Å². The van der Waals surface area contributed by atoms with E-state index >= 15 is 0 Å². The highest BCUT2D eigenvalue weighted by Crippen LogP contribution is 2.31. The fourth-order valence-corrected chi connectivity index (χ4v) is 6.80. The van der Waals surface area contributed by atoms with Gasteiger partial charge in [0.15, 0.2) is 0 Å².